The maximum Gasteiger partial charge on any atom is 0.264 e. The Morgan fingerprint density at radius 1 is 1.67 bits per heavy atom. The van der Waals surface area contributed by atoms with Gasteiger partial charge in [0.1, 0.15) is 24.4 Å². The Morgan fingerprint density at radius 3 is 2.89 bits per heavy atom. The molecule has 2 fully saturated rings. The summed E-state index contributed by atoms with van der Waals surface area (Å²) in [6.45, 7) is -0.129. The highest BCUT2D eigenvalue weighted by Gasteiger charge is 2.62. The summed E-state index contributed by atoms with van der Waals surface area (Å²) in [7, 11) is -3.59. The van der Waals surface area contributed by atoms with E-state index in [0.29, 0.717) is 0 Å². The van der Waals surface area contributed by atoms with Crippen LogP contribution in [0.1, 0.15) is 0 Å². The van der Waals surface area contributed by atoms with Crippen LogP contribution in [0.5, 0.6) is 0 Å². The molecule has 2 aliphatic heterocycles. The lowest BCUT2D eigenvalue weighted by atomic mass is 9.91. The van der Waals surface area contributed by atoms with Gasteiger partial charge in [-0.15, -0.1) is 0 Å². The van der Waals surface area contributed by atoms with Gasteiger partial charge in [0.2, 0.25) is 0 Å². The van der Waals surface area contributed by atoms with Gasteiger partial charge in [-0.25, -0.2) is 0 Å². The zero-order valence-corrected chi connectivity index (χ0v) is 10.4. The third-order valence-corrected chi connectivity index (χ3v) is 3.49. The molecule has 0 radical (unpaired) electrons. The first-order valence-corrected chi connectivity index (χ1v) is 7.02. The van der Waals surface area contributed by atoms with E-state index in [0.717, 1.165) is 6.26 Å². The molecule has 4 atom stereocenters. The second kappa shape index (κ2) is 4.65. The molecule has 0 bridgehead atoms. The van der Waals surface area contributed by atoms with E-state index in [1.54, 1.807) is 0 Å². The highest BCUT2D eigenvalue weighted by molar-refractivity contribution is 7.85. The molecule has 0 saturated carbocycles. The van der Waals surface area contributed by atoms with E-state index >= 15 is 0 Å². The minimum absolute atomic E-state index is 0.0435. The van der Waals surface area contributed by atoms with Gasteiger partial charge in [-0.2, -0.15) is 8.42 Å². The SMILES string of the molecule is CS(=O)(=O)OC[C@]12CO[C@H]1[C@@H](O)[C@H](CN=[N+]=[N-])O2. The topological polar surface area (TPSA) is 131 Å². The maximum atomic E-state index is 10.9. The molecule has 2 heterocycles. The molecule has 0 spiro atoms. The van der Waals surface area contributed by atoms with Crippen LogP contribution in [0.4, 0.5) is 0 Å². The summed E-state index contributed by atoms with van der Waals surface area (Å²) in [6.07, 6.45) is -1.40. The molecule has 0 aromatic heterocycles. The summed E-state index contributed by atoms with van der Waals surface area (Å²) in [4.78, 5) is 2.58. The molecule has 102 valence electrons. The van der Waals surface area contributed by atoms with Gasteiger partial charge in [0.25, 0.3) is 10.1 Å². The normalized spacial score (nSPS) is 38.7. The van der Waals surface area contributed by atoms with Crippen molar-refractivity contribution in [1.29, 1.82) is 0 Å². The molecule has 1 N–H and O–H groups in total. The molecular weight excluding hydrogens is 266 g/mol. The number of fused-ring (bicyclic) bond motifs is 1. The van der Waals surface area contributed by atoms with Gasteiger partial charge in [0, 0.05) is 4.91 Å². The number of aliphatic hydroxyl groups excluding tert-OH is 1. The third-order valence-electron chi connectivity index (χ3n) is 2.95. The van der Waals surface area contributed by atoms with Crippen LogP contribution in [0, 0.1) is 0 Å². The molecule has 2 saturated heterocycles. The third kappa shape index (κ3) is 2.44. The van der Waals surface area contributed by atoms with Crippen molar-refractivity contribution in [3.63, 3.8) is 0 Å². The standard InChI is InChI=1S/C8H13N3O6S/c1-18(13,14)16-4-8-3-15-7(8)6(12)5(17-8)2-10-11-9/h5-7,12H,2-4H2,1H3/t5-,6-,7-,8+/m0/s1. The van der Waals surface area contributed by atoms with Gasteiger partial charge in [0.05, 0.1) is 25.5 Å². The lowest BCUT2D eigenvalue weighted by Crippen LogP contribution is -2.61. The summed E-state index contributed by atoms with van der Waals surface area (Å²) >= 11 is 0. The number of azide groups is 1. The first kappa shape index (κ1) is 13.5. The van der Waals surface area contributed by atoms with Crippen LogP contribution in [-0.4, -0.2) is 63.5 Å². The van der Waals surface area contributed by atoms with Crippen molar-refractivity contribution in [2.75, 3.05) is 26.0 Å². The lowest BCUT2D eigenvalue weighted by molar-refractivity contribution is -0.238. The molecule has 18 heavy (non-hydrogen) atoms. The lowest BCUT2D eigenvalue weighted by Gasteiger charge is -2.42. The van der Waals surface area contributed by atoms with Crippen molar-refractivity contribution < 1.29 is 27.2 Å². The molecule has 0 aromatic carbocycles. The molecule has 9 nitrogen and oxygen atoms in total. The second-order valence-corrected chi connectivity index (χ2v) is 5.97. The summed E-state index contributed by atoms with van der Waals surface area (Å²) in [6, 6.07) is 0. The Kier molecular flexibility index (Phi) is 3.49. The van der Waals surface area contributed by atoms with Crippen molar-refractivity contribution in [2.24, 2.45) is 5.11 Å². The minimum Gasteiger partial charge on any atom is -0.388 e. The number of rotatable bonds is 5. The van der Waals surface area contributed by atoms with Gasteiger partial charge < -0.3 is 14.6 Å². The molecule has 10 heteroatoms. The number of hydrogen-bond acceptors (Lipinski definition) is 7. The van der Waals surface area contributed by atoms with Gasteiger partial charge >= 0.3 is 0 Å². The number of hydrogen-bond donors (Lipinski definition) is 1. The van der Waals surface area contributed by atoms with E-state index in [4.69, 9.17) is 19.2 Å². The number of nitrogens with zero attached hydrogens (tertiary/aromatic N) is 3. The quantitative estimate of drug-likeness (QED) is 0.302. The van der Waals surface area contributed by atoms with E-state index in [2.05, 4.69) is 10.0 Å². The highest BCUT2D eigenvalue weighted by Crippen LogP contribution is 2.41. The Bertz CT molecular complexity index is 475. The fourth-order valence-corrected chi connectivity index (χ4v) is 2.48. The largest absolute Gasteiger partial charge is 0.388 e. The molecule has 0 amide bonds. The van der Waals surface area contributed by atoms with Crippen LogP contribution in [0.15, 0.2) is 5.11 Å². The summed E-state index contributed by atoms with van der Waals surface area (Å²) in [5.41, 5.74) is 7.25. The van der Waals surface area contributed by atoms with Crippen LogP contribution in [-0.2, 0) is 23.8 Å². The zero-order chi connectivity index (χ0) is 13.4. The van der Waals surface area contributed by atoms with Crippen LogP contribution >= 0.6 is 0 Å². The molecule has 0 aromatic rings. The van der Waals surface area contributed by atoms with Crippen molar-refractivity contribution in [2.45, 2.75) is 23.9 Å². The minimum atomic E-state index is -3.59. The first-order valence-electron chi connectivity index (χ1n) is 5.21. The Hall–Kier alpha value is -0.900. The van der Waals surface area contributed by atoms with Gasteiger partial charge in [-0.3, -0.25) is 4.18 Å². The fraction of sp³-hybridized carbons (Fsp3) is 1.00. The van der Waals surface area contributed by atoms with Gasteiger partial charge in [-0.1, -0.05) is 5.11 Å². The predicted octanol–water partition coefficient (Wildman–Crippen LogP) is -0.830. The Morgan fingerprint density at radius 2 is 2.39 bits per heavy atom. The second-order valence-electron chi connectivity index (χ2n) is 4.32. The van der Waals surface area contributed by atoms with Crippen molar-refractivity contribution in [3.05, 3.63) is 10.4 Å². The van der Waals surface area contributed by atoms with E-state index in [9.17, 15) is 13.5 Å². The molecule has 2 rings (SSSR count). The number of aliphatic hydroxyl groups is 1. The van der Waals surface area contributed by atoms with E-state index in [1.165, 1.54) is 0 Å². The van der Waals surface area contributed by atoms with Gasteiger partial charge in [-0.05, 0) is 5.53 Å². The smallest absolute Gasteiger partial charge is 0.264 e. The van der Waals surface area contributed by atoms with E-state index in [1.807, 2.05) is 0 Å². The zero-order valence-electron chi connectivity index (χ0n) is 9.59. The first-order chi connectivity index (χ1) is 8.38. The van der Waals surface area contributed by atoms with E-state index < -0.39 is 34.0 Å². The highest BCUT2D eigenvalue weighted by atomic mass is 32.2. The molecule has 0 unspecified atom stereocenters. The van der Waals surface area contributed by atoms with Crippen molar-refractivity contribution in [1.82, 2.24) is 0 Å². The summed E-state index contributed by atoms with van der Waals surface area (Å²) in [5, 5.41) is 13.2. The van der Waals surface area contributed by atoms with Crippen LogP contribution in [0.25, 0.3) is 10.4 Å². The van der Waals surface area contributed by atoms with Crippen LogP contribution in [0.3, 0.4) is 0 Å². The summed E-state index contributed by atoms with van der Waals surface area (Å²) < 4.78 is 37.3. The molecule has 2 aliphatic rings. The van der Waals surface area contributed by atoms with Crippen molar-refractivity contribution >= 4 is 10.1 Å². The van der Waals surface area contributed by atoms with E-state index in [-0.39, 0.29) is 19.8 Å². The molecule has 0 aliphatic carbocycles. The number of ether oxygens (including phenoxy) is 2. The Labute approximate surface area is 103 Å². The van der Waals surface area contributed by atoms with Crippen LogP contribution in [0.2, 0.25) is 0 Å². The maximum absolute atomic E-state index is 10.9. The average molecular weight is 279 g/mol. The molecular formula is C8H13N3O6S. The Balaban J connectivity index is 2.03. The monoisotopic (exact) mass is 279 g/mol. The van der Waals surface area contributed by atoms with Gasteiger partial charge in [0.15, 0.2) is 0 Å². The van der Waals surface area contributed by atoms with Crippen molar-refractivity contribution in [3.8, 4) is 0 Å². The predicted molar refractivity (Wildman–Crippen MR) is 58.2 cm³/mol. The fourth-order valence-electron chi connectivity index (χ4n) is 2.07. The average Bonchev–Trinajstić information content (AvgIpc) is 2.42. The summed E-state index contributed by atoms with van der Waals surface area (Å²) in [5.74, 6) is 0. The van der Waals surface area contributed by atoms with Crippen LogP contribution < -0.4 is 0 Å².